The van der Waals surface area contributed by atoms with Gasteiger partial charge in [-0.3, -0.25) is 4.79 Å². The molecule has 0 saturated heterocycles. The molecule has 0 spiro atoms. The molecule has 3 atom stereocenters. The molecular weight excluding hydrogens is 300 g/mol. The van der Waals surface area contributed by atoms with E-state index in [1.807, 2.05) is 0 Å². The minimum atomic E-state index is -1.94. The van der Waals surface area contributed by atoms with Crippen LogP contribution in [0.4, 0.5) is 0 Å². The van der Waals surface area contributed by atoms with E-state index >= 15 is 0 Å². The summed E-state index contributed by atoms with van der Waals surface area (Å²) in [6, 6.07) is 0. The lowest BCUT2D eigenvalue weighted by molar-refractivity contribution is -0.127. The summed E-state index contributed by atoms with van der Waals surface area (Å²) in [7, 11) is 0. The van der Waals surface area contributed by atoms with Crippen LogP contribution in [0.15, 0.2) is 0 Å². The van der Waals surface area contributed by atoms with E-state index in [9.17, 15) is 9.59 Å². The Morgan fingerprint density at radius 1 is 1.29 bits per heavy atom. The number of rotatable bonds is 4. The van der Waals surface area contributed by atoms with Gasteiger partial charge in [-0.05, 0) is 0 Å². The van der Waals surface area contributed by atoms with Gasteiger partial charge in [-0.2, -0.15) is 0 Å². The first-order valence-corrected chi connectivity index (χ1v) is 5.18. The highest BCUT2D eigenvalue weighted by atomic mass is 35.6. The topological polar surface area (TPSA) is 141 Å². The molecule has 0 aliphatic heterocycles. The van der Waals surface area contributed by atoms with Crippen molar-refractivity contribution in [1.29, 1.82) is 0 Å². The molecule has 0 rings (SSSR count). The molecule has 3 unspecified atom stereocenters. The minimum Gasteiger partial charge on any atom is -0.394 e. The first-order chi connectivity index (χ1) is 7.57. The SMILES string of the molecule is NC(=O)C(Cl)(Cl)Cl.O=CC(O)C(O)C(O)CO. The Kier molecular flexibility index (Phi) is 10.0. The molecular formula is C7H12Cl3NO6. The monoisotopic (exact) mass is 311 g/mol. The molecule has 1 amide bonds. The van der Waals surface area contributed by atoms with Crippen LogP contribution >= 0.6 is 34.8 Å². The van der Waals surface area contributed by atoms with E-state index < -0.39 is 34.6 Å². The van der Waals surface area contributed by atoms with Crippen molar-refractivity contribution in [3.8, 4) is 0 Å². The highest BCUT2D eigenvalue weighted by molar-refractivity contribution is 6.76. The van der Waals surface area contributed by atoms with Crippen LogP contribution in [0.1, 0.15) is 0 Å². The van der Waals surface area contributed by atoms with Crippen LogP contribution in [0, 0.1) is 0 Å². The van der Waals surface area contributed by atoms with Crippen molar-refractivity contribution in [2.24, 2.45) is 5.73 Å². The molecule has 6 N–H and O–H groups in total. The lowest BCUT2D eigenvalue weighted by Crippen LogP contribution is -2.40. The third-order valence-electron chi connectivity index (χ3n) is 1.35. The third kappa shape index (κ3) is 9.54. The number of primary amides is 1. The Bertz CT molecular complexity index is 246. The van der Waals surface area contributed by atoms with Crippen molar-refractivity contribution in [3.05, 3.63) is 0 Å². The number of hydrogen-bond donors (Lipinski definition) is 5. The van der Waals surface area contributed by atoms with Crippen LogP contribution in [0.5, 0.6) is 0 Å². The van der Waals surface area contributed by atoms with E-state index in [4.69, 9.17) is 55.2 Å². The number of aliphatic hydroxyl groups is 4. The van der Waals surface area contributed by atoms with E-state index in [1.165, 1.54) is 0 Å². The number of hydrogen-bond acceptors (Lipinski definition) is 6. The minimum absolute atomic E-state index is 0.0869. The van der Waals surface area contributed by atoms with Crippen molar-refractivity contribution in [1.82, 2.24) is 0 Å². The van der Waals surface area contributed by atoms with E-state index in [1.54, 1.807) is 0 Å². The maximum absolute atomic E-state index is 9.85. The van der Waals surface area contributed by atoms with E-state index in [-0.39, 0.29) is 6.29 Å². The Morgan fingerprint density at radius 3 is 1.82 bits per heavy atom. The predicted molar refractivity (Wildman–Crippen MR) is 60.7 cm³/mol. The fraction of sp³-hybridized carbons (Fsp3) is 0.714. The van der Waals surface area contributed by atoms with E-state index in [2.05, 4.69) is 5.73 Å². The fourth-order valence-electron chi connectivity index (χ4n) is 0.416. The van der Waals surface area contributed by atoms with Gasteiger partial charge in [0.1, 0.15) is 18.3 Å². The number of carbonyl (C=O) groups excluding carboxylic acids is 2. The summed E-state index contributed by atoms with van der Waals surface area (Å²) in [6.07, 6.45) is -4.63. The number of aldehydes is 1. The average molecular weight is 313 g/mol. The van der Waals surface area contributed by atoms with Crippen molar-refractivity contribution in [3.63, 3.8) is 0 Å². The van der Waals surface area contributed by atoms with Crippen LogP contribution in [0.3, 0.4) is 0 Å². The smallest absolute Gasteiger partial charge is 0.269 e. The maximum Gasteiger partial charge on any atom is 0.269 e. The van der Waals surface area contributed by atoms with Gasteiger partial charge >= 0.3 is 0 Å². The molecule has 0 radical (unpaired) electrons. The van der Waals surface area contributed by atoms with Crippen LogP contribution in [0.25, 0.3) is 0 Å². The fourth-order valence-corrected chi connectivity index (χ4v) is 0.416. The first kappa shape index (κ1) is 19.2. The molecule has 0 aromatic heterocycles. The normalized spacial score (nSPS) is 16.2. The zero-order valence-corrected chi connectivity index (χ0v) is 10.6. The van der Waals surface area contributed by atoms with E-state index in [0.717, 1.165) is 0 Å². The standard InChI is InChI=1S/C5H10O5.C2H2Cl3NO/c6-1-3(8)5(10)4(9)2-7;3-2(4,5)1(6)7/h1,3-5,7-10H,2H2;(H2,6,7). The lowest BCUT2D eigenvalue weighted by atomic mass is 10.1. The largest absolute Gasteiger partial charge is 0.394 e. The Morgan fingerprint density at radius 2 is 1.65 bits per heavy atom. The summed E-state index contributed by atoms with van der Waals surface area (Å²) in [6.45, 7) is -0.688. The molecule has 0 aliphatic carbocycles. The summed E-state index contributed by atoms with van der Waals surface area (Å²) in [5, 5.41) is 34.1. The quantitative estimate of drug-likeness (QED) is 0.303. The number of alkyl halides is 3. The molecule has 102 valence electrons. The third-order valence-corrected chi connectivity index (χ3v) is 1.91. The highest BCUT2D eigenvalue weighted by Gasteiger charge is 2.26. The van der Waals surface area contributed by atoms with Gasteiger partial charge < -0.3 is 31.0 Å². The van der Waals surface area contributed by atoms with Gasteiger partial charge in [0.2, 0.25) is 0 Å². The van der Waals surface area contributed by atoms with Gasteiger partial charge in [-0.1, -0.05) is 34.8 Å². The van der Waals surface area contributed by atoms with Crippen molar-refractivity contribution >= 4 is 47.0 Å². The van der Waals surface area contributed by atoms with Crippen molar-refractivity contribution < 1.29 is 30.0 Å². The van der Waals surface area contributed by atoms with Gasteiger partial charge in [0.15, 0.2) is 6.29 Å². The summed E-state index contributed by atoms with van der Waals surface area (Å²) < 4.78 is -1.94. The number of nitrogens with two attached hydrogens (primary N) is 1. The van der Waals surface area contributed by atoms with E-state index in [0.29, 0.717) is 0 Å². The number of carbonyl (C=O) groups is 2. The van der Waals surface area contributed by atoms with Crippen LogP contribution in [-0.4, -0.2) is 61.3 Å². The molecule has 0 saturated carbocycles. The maximum atomic E-state index is 9.85. The molecule has 10 heteroatoms. The summed E-state index contributed by atoms with van der Waals surface area (Å²) in [5.41, 5.74) is 4.53. The molecule has 0 fully saturated rings. The Balaban J connectivity index is 0. The van der Waals surface area contributed by atoms with Gasteiger partial charge in [0, 0.05) is 0 Å². The zero-order chi connectivity index (χ0) is 14.2. The number of halogens is 3. The average Bonchev–Trinajstić information content (AvgIpc) is 2.25. The highest BCUT2D eigenvalue weighted by Crippen LogP contribution is 2.24. The summed E-state index contributed by atoms with van der Waals surface area (Å²) >= 11 is 14.8. The van der Waals surface area contributed by atoms with Gasteiger partial charge in [0.25, 0.3) is 9.70 Å². The van der Waals surface area contributed by atoms with Crippen LogP contribution < -0.4 is 5.73 Å². The second-order valence-electron chi connectivity index (χ2n) is 2.73. The van der Waals surface area contributed by atoms with Gasteiger partial charge in [-0.15, -0.1) is 0 Å². The Hall–Kier alpha value is -0.150. The van der Waals surface area contributed by atoms with Crippen LogP contribution in [-0.2, 0) is 9.59 Å². The van der Waals surface area contributed by atoms with Crippen LogP contribution in [0.2, 0.25) is 0 Å². The predicted octanol–water partition coefficient (Wildman–Crippen LogP) is -1.90. The summed E-state index contributed by atoms with van der Waals surface area (Å²) in [5.74, 6) is -0.961. The second-order valence-corrected chi connectivity index (χ2v) is 5.01. The molecule has 7 nitrogen and oxygen atoms in total. The molecule has 0 aromatic rings. The molecule has 0 aliphatic rings. The molecule has 0 heterocycles. The number of aliphatic hydroxyl groups excluding tert-OH is 4. The van der Waals surface area contributed by atoms with Gasteiger partial charge in [0.05, 0.1) is 6.61 Å². The van der Waals surface area contributed by atoms with Crippen molar-refractivity contribution in [2.75, 3.05) is 6.61 Å². The van der Waals surface area contributed by atoms with Gasteiger partial charge in [-0.25, -0.2) is 0 Å². The number of amides is 1. The Labute approximate surface area is 112 Å². The first-order valence-electron chi connectivity index (χ1n) is 4.04. The molecule has 17 heavy (non-hydrogen) atoms. The molecule has 0 bridgehead atoms. The second kappa shape index (κ2) is 8.87. The lowest BCUT2D eigenvalue weighted by Gasteiger charge is -2.16. The summed E-state index contributed by atoms with van der Waals surface area (Å²) in [4.78, 5) is 19.6. The zero-order valence-electron chi connectivity index (χ0n) is 8.33. The van der Waals surface area contributed by atoms with Crippen molar-refractivity contribution in [2.45, 2.75) is 22.1 Å². The molecule has 0 aromatic carbocycles.